The van der Waals surface area contributed by atoms with E-state index in [2.05, 4.69) is 22.6 Å². The highest BCUT2D eigenvalue weighted by atomic mass is 16.4. The van der Waals surface area contributed by atoms with E-state index >= 15 is 0 Å². The summed E-state index contributed by atoms with van der Waals surface area (Å²) in [6, 6.07) is 0.242. The summed E-state index contributed by atoms with van der Waals surface area (Å²) >= 11 is 0. The summed E-state index contributed by atoms with van der Waals surface area (Å²) in [5.74, 6) is -0.707. The Morgan fingerprint density at radius 1 is 1.48 bits per heavy atom. The predicted octanol–water partition coefficient (Wildman–Crippen LogP) is 1.45. The van der Waals surface area contributed by atoms with E-state index in [0.29, 0.717) is 5.92 Å². The van der Waals surface area contributed by atoms with Crippen LogP contribution < -0.4 is 5.32 Å². The summed E-state index contributed by atoms with van der Waals surface area (Å²) in [7, 11) is 0. The minimum atomic E-state index is -1.14. The first-order valence-electron chi connectivity index (χ1n) is 7.53. The number of amides is 1. The van der Waals surface area contributed by atoms with Crippen LogP contribution >= 0.6 is 0 Å². The molecule has 0 aromatic carbocycles. The van der Waals surface area contributed by atoms with Gasteiger partial charge in [-0.15, -0.1) is 5.10 Å². The molecule has 1 aliphatic rings. The minimum absolute atomic E-state index is 0.0112. The summed E-state index contributed by atoms with van der Waals surface area (Å²) < 4.78 is 1.26. The Morgan fingerprint density at radius 3 is 2.95 bits per heavy atom. The van der Waals surface area contributed by atoms with Crippen LogP contribution in [-0.4, -0.2) is 38.0 Å². The van der Waals surface area contributed by atoms with Gasteiger partial charge >= 0.3 is 5.97 Å². The van der Waals surface area contributed by atoms with Gasteiger partial charge in [-0.2, -0.15) is 0 Å². The molecule has 7 heteroatoms. The number of hydrogen-bond donors (Lipinski definition) is 2. The van der Waals surface area contributed by atoms with Gasteiger partial charge in [0.1, 0.15) is 6.54 Å². The molecule has 0 radical (unpaired) electrons. The van der Waals surface area contributed by atoms with E-state index in [9.17, 15) is 9.59 Å². The maximum absolute atomic E-state index is 12.0. The lowest BCUT2D eigenvalue weighted by Crippen LogP contribution is -2.39. The number of hydrogen-bond acceptors (Lipinski definition) is 4. The van der Waals surface area contributed by atoms with Gasteiger partial charge in [-0.3, -0.25) is 4.79 Å². The van der Waals surface area contributed by atoms with Gasteiger partial charge in [0.25, 0.3) is 0 Å². The number of aromatic nitrogens is 3. The highest BCUT2D eigenvalue weighted by Crippen LogP contribution is 2.29. The fourth-order valence-electron chi connectivity index (χ4n) is 2.91. The van der Waals surface area contributed by atoms with Crippen LogP contribution in [0.25, 0.3) is 0 Å². The molecule has 1 aromatic rings. The number of nitrogens with zero attached hydrogens (tertiary/aromatic N) is 3. The molecule has 1 aromatic heterocycles. The van der Waals surface area contributed by atoms with Crippen LogP contribution in [0.4, 0.5) is 0 Å². The zero-order valence-corrected chi connectivity index (χ0v) is 12.3. The molecular weight excluding hydrogens is 272 g/mol. The van der Waals surface area contributed by atoms with Gasteiger partial charge in [-0.05, 0) is 25.2 Å². The SMILES string of the molecule is CCCCC1CCCC1NC(=O)Cn1cc(C(=O)O)nn1. The van der Waals surface area contributed by atoms with Crippen LogP contribution in [0.15, 0.2) is 6.20 Å². The summed E-state index contributed by atoms with van der Waals surface area (Å²) in [4.78, 5) is 22.7. The van der Waals surface area contributed by atoms with Crippen LogP contribution in [0.5, 0.6) is 0 Å². The molecule has 7 nitrogen and oxygen atoms in total. The van der Waals surface area contributed by atoms with Crippen molar-refractivity contribution in [3.63, 3.8) is 0 Å². The van der Waals surface area contributed by atoms with Crippen molar-refractivity contribution in [2.75, 3.05) is 0 Å². The molecular formula is C14H22N4O3. The van der Waals surface area contributed by atoms with Gasteiger partial charge in [0.15, 0.2) is 5.69 Å². The van der Waals surface area contributed by atoms with Crippen molar-refractivity contribution in [1.82, 2.24) is 20.3 Å². The van der Waals surface area contributed by atoms with Crippen LogP contribution in [0.1, 0.15) is 55.9 Å². The highest BCUT2D eigenvalue weighted by Gasteiger charge is 2.27. The Balaban J connectivity index is 1.84. The first-order valence-corrected chi connectivity index (χ1v) is 7.53. The first kappa shape index (κ1) is 15.5. The maximum Gasteiger partial charge on any atom is 0.358 e. The van der Waals surface area contributed by atoms with E-state index in [4.69, 9.17) is 5.11 Å². The lowest BCUT2D eigenvalue weighted by Gasteiger charge is -2.20. The average Bonchev–Trinajstić information content (AvgIpc) is 3.06. The normalized spacial score (nSPS) is 21.4. The fourth-order valence-corrected chi connectivity index (χ4v) is 2.91. The summed E-state index contributed by atoms with van der Waals surface area (Å²) in [5.41, 5.74) is -0.149. The van der Waals surface area contributed by atoms with Gasteiger partial charge < -0.3 is 10.4 Å². The third-order valence-electron chi connectivity index (χ3n) is 4.00. The Morgan fingerprint density at radius 2 is 2.29 bits per heavy atom. The molecule has 0 aliphatic heterocycles. The quantitative estimate of drug-likeness (QED) is 0.793. The fraction of sp³-hybridized carbons (Fsp3) is 0.714. The number of carboxylic acids is 1. The van der Waals surface area contributed by atoms with Gasteiger partial charge in [0.05, 0.1) is 6.20 Å². The smallest absolute Gasteiger partial charge is 0.358 e. The number of carbonyl (C=O) groups is 2. The predicted molar refractivity (Wildman–Crippen MR) is 75.8 cm³/mol. The summed E-state index contributed by atoms with van der Waals surface area (Å²) in [6.45, 7) is 2.19. The molecule has 1 fully saturated rings. The van der Waals surface area contributed by atoms with Crippen LogP contribution in [0, 0.1) is 5.92 Å². The number of unbranched alkanes of at least 4 members (excludes halogenated alkanes) is 1. The molecule has 1 aliphatic carbocycles. The first-order chi connectivity index (χ1) is 10.1. The second-order valence-electron chi connectivity index (χ2n) is 5.61. The second kappa shape index (κ2) is 7.19. The van der Waals surface area contributed by atoms with E-state index in [1.807, 2.05) is 0 Å². The number of nitrogens with one attached hydrogen (secondary N) is 1. The Hall–Kier alpha value is -1.92. The Labute approximate surface area is 123 Å². The van der Waals surface area contributed by atoms with E-state index in [1.165, 1.54) is 30.1 Å². The van der Waals surface area contributed by atoms with Crippen molar-refractivity contribution in [1.29, 1.82) is 0 Å². The van der Waals surface area contributed by atoms with Crippen molar-refractivity contribution < 1.29 is 14.7 Å². The molecule has 1 saturated carbocycles. The Kier molecular flexibility index (Phi) is 5.30. The molecule has 0 bridgehead atoms. The van der Waals surface area contributed by atoms with Crippen LogP contribution in [-0.2, 0) is 11.3 Å². The second-order valence-corrected chi connectivity index (χ2v) is 5.61. The molecule has 1 heterocycles. The van der Waals surface area contributed by atoms with Gasteiger partial charge in [0, 0.05) is 6.04 Å². The zero-order chi connectivity index (χ0) is 15.2. The lowest BCUT2D eigenvalue weighted by atomic mass is 9.97. The van der Waals surface area contributed by atoms with Crippen molar-refractivity contribution >= 4 is 11.9 Å². The van der Waals surface area contributed by atoms with E-state index in [0.717, 1.165) is 19.3 Å². The molecule has 0 spiro atoms. The van der Waals surface area contributed by atoms with Crippen LogP contribution in [0.2, 0.25) is 0 Å². The standard InChI is InChI=1S/C14H22N4O3/c1-2-3-5-10-6-4-7-11(10)15-13(19)9-18-8-12(14(20)21)16-17-18/h8,10-11H,2-7,9H2,1H3,(H,15,19)(H,20,21). The monoisotopic (exact) mass is 294 g/mol. The summed E-state index contributed by atoms with van der Waals surface area (Å²) in [6.07, 6.45) is 8.16. The topological polar surface area (TPSA) is 97.1 Å². The lowest BCUT2D eigenvalue weighted by molar-refractivity contribution is -0.122. The molecule has 2 atom stereocenters. The van der Waals surface area contributed by atoms with Gasteiger partial charge in [0.2, 0.25) is 5.91 Å². The zero-order valence-electron chi connectivity index (χ0n) is 12.3. The maximum atomic E-state index is 12.0. The summed E-state index contributed by atoms with van der Waals surface area (Å²) in [5, 5.41) is 18.9. The molecule has 2 rings (SSSR count). The van der Waals surface area contributed by atoms with Crippen molar-refractivity contribution in [3.8, 4) is 0 Å². The van der Waals surface area contributed by atoms with E-state index in [-0.39, 0.29) is 24.2 Å². The molecule has 0 saturated heterocycles. The molecule has 2 unspecified atom stereocenters. The molecule has 1 amide bonds. The average molecular weight is 294 g/mol. The number of rotatable bonds is 7. The molecule has 21 heavy (non-hydrogen) atoms. The Bertz CT molecular complexity index is 500. The largest absolute Gasteiger partial charge is 0.476 e. The van der Waals surface area contributed by atoms with Crippen molar-refractivity contribution in [2.24, 2.45) is 5.92 Å². The van der Waals surface area contributed by atoms with Gasteiger partial charge in [-0.25, -0.2) is 9.48 Å². The third-order valence-corrected chi connectivity index (χ3v) is 4.00. The van der Waals surface area contributed by atoms with Crippen molar-refractivity contribution in [3.05, 3.63) is 11.9 Å². The molecule has 116 valence electrons. The highest BCUT2D eigenvalue weighted by molar-refractivity contribution is 5.84. The van der Waals surface area contributed by atoms with E-state index < -0.39 is 5.97 Å². The number of carbonyl (C=O) groups excluding carboxylic acids is 1. The minimum Gasteiger partial charge on any atom is -0.476 e. The van der Waals surface area contributed by atoms with Crippen LogP contribution in [0.3, 0.4) is 0 Å². The third kappa shape index (κ3) is 4.27. The van der Waals surface area contributed by atoms with Gasteiger partial charge in [-0.1, -0.05) is 31.4 Å². The molecule has 2 N–H and O–H groups in total. The number of aromatic carboxylic acids is 1. The van der Waals surface area contributed by atoms with E-state index in [1.54, 1.807) is 0 Å². The number of carboxylic acid groups (broad SMARTS) is 1. The van der Waals surface area contributed by atoms with Crippen molar-refractivity contribution in [2.45, 2.75) is 58.0 Å².